The Morgan fingerprint density at radius 2 is 1.96 bits per heavy atom. The van der Waals surface area contributed by atoms with E-state index in [-0.39, 0.29) is 24.2 Å². The van der Waals surface area contributed by atoms with Gasteiger partial charge < -0.3 is 19.7 Å². The van der Waals surface area contributed by atoms with Gasteiger partial charge in [0.1, 0.15) is 11.9 Å². The lowest BCUT2D eigenvalue weighted by atomic mass is 10.1. The molecule has 1 unspecified atom stereocenters. The molecule has 0 radical (unpaired) electrons. The molecule has 1 amide bonds. The summed E-state index contributed by atoms with van der Waals surface area (Å²) in [6, 6.07) is 11.9. The highest BCUT2D eigenvalue weighted by Crippen LogP contribution is 2.26. The summed E-state index contributed by atoms with van der Waals surface area (Å²) in [5.41, 5.74) is 2.17. The molecule has 28 heavy (non-hydrogen) atoms. The highest BCUT2D eigenvalue weighted by Gasteiger charge is 2.24. The zero-order valence-corrected chi connectivity index (χ0v) is 17.0. The molecule has 2 aromatic rings. The molecule has 1 aliphatic rings. The van der Waals surface area contributed by atoms with E-state index in [4.69, 9.17) is 9.47 Å². The Labute approximate surface area is 166 Å². The summed E-state index contributed by atoms with van der Waals surface area (Å²) in [6.07, 6.45) is 3.00. The second-order valence-corrected chi connectivity index (χ2v) is 7.48. The molecule has 0 saturated carbocycles. The Hall–Kier alpha value is -2.76. The number of nitrogens with one attached hydrogen (secondary N) is 1. The number of ether oxygens (including phenoxy) is 2. The number of aromatic nitrogens is 1. The number of pyridine rings is 1. The predicted octanol–water partition coefficient (Wildman–Crippen LogP) is 3.72. The molecule has 0 aliphatic carbocycles. The van der Waals surface area contributed by atoms with Gasteiger partial charge in [0.05, 0.1) is 18.7 Å². The van der Waals surface area contributed by atoms with Crippen LogP contribution in [0.1, 0.15) is 45.7 Å². The van der Waals surface area contributed by atoms with Crippen molar-refractivity contribution in [2.75, 3.05) is 18.0 Å². The highest BCUT2D eigenvalue weighted by atomic mass is 16.5. The van der Waals surface area contributed by atoms with Crippen molar-refractivity contribution in [1.29, 1.82) is 0 Å². The molecule has 3 rings (SSSR count). The highest BCUT2D eigenvalue weighted by molar-refractivity contribution is 5.73. The standard InChI is InChI=1S/C22H29N3O3/c1-15(2)27-22-13-19(9-11-23-22)25-12-10-21(14-25)28-20-7-5-18(6-8-20)16(3)24-17(4)26/h5-9,11,13,15-16,21H,10,12,14H2,1-4H3,(H,24,26)/t16-,21?/m0/s1. The van der Waals surface area contributed by atoms with Crippen LogP contribution in [0.15, 0.2) is 42.6 Å². The van der Waals surface area contributed by atoms with Crippen LogP contribution >= 0.6 is 0 Å². The van der Waals surface area contributed by atoms with E-state index in [0.29, 0.717) is 5.88 Å². The number of amides is 1. The van der Waals surface area contributed by atoms with Gasteiger partial charge in [-0.25, -0.2) is 4.98 Å². The molecule has 1 aromatic heterocycles. The van der Waals surface area contributed by atoms with E-state index < -0.39 is 0 Å². The number of carbonyl (C=O) groups excluding carboxylic acids is 1. The molecule has 2 heterocycles. The van der Waals surface area contributed by atoms with Crippen molar-refractivity contribution < 1.29 is 14.3 Å². The summed E-state index contributed by atoms with van der Waals surface area (Å²) in [6.45, 7) is 9.26. The van der Waals surface area contributed by atoms with Crippen LogP contribution in [-0.2, 0) is 4.79 Å². The fourth-order valence-corrected chi connectivity index (χ4v) is 3.38. The summed E-state index contributed by atoms with van der Waals surface area (Å²) < 4.78 is 11.9. The molecule has 1 aromatic carbocycles. The third kappa shape index (κ3) is 5.38. The Morgan fingerprint density at radius 3 is 2.64 bits per heavy atom. The zero-order chi connectivity index (χ0) is 20.1. The zero-order valence-electron chi connectivity index (χ0n) is 17.0. The van der Waals surface area contributed by atoms with Crippen LogP contribution in [0.2, 0.25) is 0 Å². The molecule has 150 valence electrons. The van der Waals surface area contributed by atoms with Crippen molar-refractivity contribution in [2.24, 2.45) is 0 Å². The van der Waals surface area contributed by atoms with Gasteiger partial charge in [-0.15, -0.1) is 0 Å². The number of rotatable bonds is 7. The Kier molecular flexibility index (Phi) is 6.39. The lowest BCUT2D eigenvalue weighted by molar-refractivity contribution is -0.119. The summed E-state index contributed by atoms with van der Waals surface area (Å²) in [5, 5.41) is 2.89. The second kappa shape index (κ2) is 8.95. The third-order valence-corrected chi connectivity index (χ3v) is 4.69. The topological polar surface area (TPSA) is 63.7 Å². The van der Waals surface area contributed by atoms with Crippen LogP contribution < -0.4 is 19.7 Å². The predicted molar refractivity (Wildman–Crippen MR) is 110 cm³/mol. The van der Waals surface area contributed by atoms with Crippen LogP contribution in [0.25, 0.3) is 0 Å². The van der Waals surface area contributed by atoms with E-state index in [1.807, 2.05) is 57.2 Å². The van der Waals surface area contributed by atoms with Crippen molar-refractivity contribution in [1.82, 2.24) is 10.3 Å². The summed E-state index contributed by atoms with van der Waals surface area (Å²) >= 11 is 0. The SMILES string of the molecule is CC(=O)N[C@@H](C)c1ccc(OC2CCN(c3ccnc(OC(C)C)c3)C2)cc1. The first-order valence-corrected chi connectivity index (χ1v) is 9.82. The van der Waals surface area contributed by atoms with E-state index in [1.165, 1.54) is 6.92 Å². The number of anilines is 1. The monoisotopic (exact) mass is 383 g/mol. The number of nitrogens with zero attached hydrogens (tertiary/aromatic N) is 2. The Balaban J connectivity index is 1.57. The fraction of sp³-hybridized carbons (Fsp3) is 0.455. The minimum Gasteiger partial charge on any atom is -0.489 e. The molecular formula is C22H29N3O3. The van der Waals surface area contributed by atoms with Gasteiger partial charge in [0.15, 0.2) is 0 Å². The van der Waals surface area contributed by atoms with Crippen molar-refractivity contribution in [3.05, 3.63) is 48.2 Å². The molecule has 0 bridgehead atoms. The van der Waals surface area contributed by atoms with Gasteiger partial charge in [0.2, 0.25) is 11.8 Å². The van der Waals surface area contributed by atoms with E-state index in [1.54, 1.807) is 6.20 Å². The minimum atomic E-state index is -0.0306. The number of carbonyl (C=O) groups is 1. The maximum absolute atomic E-state index is 11.2. The average molecular weight is 383 g/mol. The normalized spacial score (nSPS) is 17.5. The molecule has 1 fully saturated rings. The Bertz CT molecular complexity index is 792. The van der Waals surface area contributed by atoms with E-state index in [9.17, 15) is 4.79 Å². The van der Waals surface area contributed by atoms with Gasteiger partial charge in [-0.2, -0.15) is 0 Å². The maximum atomic E-state index is 11.2. The Morgan fingerprint density at radius 1 is 1.21 bits per heavy atom. The van der Waals surface area contributed by atoms with Crippen LogP contribution in [0, 0.1) is 0 Å². The van der Waals surface area contributed by atoms with Crippen LogP contribution in [-0.4, -0.2) is 36.2 Å². The van der Waals surface area contributed by atoms with Crippen LogP contribution in [0.4, 0.5) is 5.69 Å². The molecule has 1 saturated heterocycles. The fourth-order valence-electron chi connectivity index (χ4n) is 3.38. The first-order valence-electron chi connectivity index (χ1n) is 9.82. The van der Waals surface area contributed by atoms with Gasteiger partial charge in [0.25, 0.3) is 0 Å². The van der Waals surface area contributed by atoms with E-state index in [0.717, 1.165) is 36.5 Å². The smallest absolute Gasteiger partial charge is 0.217 e. The number of benzene rings is 1. The van der Waals surface area contributed by atoms with E-state index >= 15 is 0 Å². The first kappa shape index (κ1) is 20.0. The molecule has 6 heteroatoms. The van der Waals surface area contributed by atoms with Crippen LogP contribution in [0.3, 0.4) is 0 Å². The van der Waals surface area contributed by atoms with Gasteiger partial charge in [-0.05, 0) is 44.5 Å². The molecular weight excluding hydrogens is 354 g/mol. The molecule has 1 aliphatic heterocycles. The lowest BCUT2D eigenvalue weighted by Gasteiger charge is -2.20. The van der Waals surface area contributed by atoms with E-state index in [2.05, 4.69) is 15.2 Å². The lowest BCUT2D eigenvalue weighted by Crippen LogP contribution is -2.25. The first-order chi connectivity index (χ1) is 13.4. The van der Waals surface area contributed by atoms with Crippen molar-refractivity contribution in [2.45, 2.75) is 52.4 Å². The second-order valence-electron chi connectivity index (χ2n) is 7.48. The summed E-state index contributed by atoms with van der Waals surface area (Å²) in [7, 11) is 0. The van der Waals surface area contributed by atoms with Crippen molar-refractivity contribution in [3.63, 3.8) is 0 Å². The number of hydrogen-bond donors (Lipinski definition) is 1. The van der Waals surface area contributed by atoms with Crippen LogP contribution in [0.5, 0.6) is 11.6 Å². The minimum absolute atomic E-state index is 0.0116. The van der Waals surface area contributed by atoms with Gasteiger partial charge in [-0.3, -0.25) is 4.79 Å². The maximum Gasteiger partial charge on any atom is 0.217 e. The van der Waals surface area contributed by atoms with Crippen molar-refractivity contribution >= 4 is 11.6 Å². The average Bonchev–Trinajstić information content (AvgIpc) is 3.10. The molecule has 6 nitrogen and oxygen atoms in total. The summed E-state index contributed by atoms with van der Waals surface area (Å²) in [5.74, 6) is 1.47. The quantitative estimate of drug-likeness (QED) is 0.789. The molecule has 1 N–H and O–H groups in total. The third-order valence-electron chi connectivity index (χ3n) is 4.69. The number of hydrogen-bond acceptors (Lipinski definition) is 5. The molecule has 0 spiro atoms. The van der Waals surface area contributed by atoms with Crippen molar-refractivity contribution in [3.8, 4) is 11.6 Å². The largest absolute Gasteiger partial charge is 0.489 e. The van der Waals surface area contributed by atoms with Gasteiger partial charge in [0, 0.05) is 37.8 Å². The van der Waals surface area contributed by atoms with Gasteiger partial charge in [-0.1, -0.05) is 12.1 Å². The molecule has 2 atom stereocenters. The summed E-state index contributed by atoms with van der Waals surface area (Å²) in [4.78, 5) is 17.8. The van der Waals surface area contributed by atoms with Gasteiger partial charge >= 0.3 is 0 Å².